The van der Waals surface area contributed by atoms with Crippen molar-refractivity contribution in [3.8, 4) is 0 Å². The summed E-state index contributed by atoms with van der Waals surface area (Å²) < 4.78 is 16.3. The van der Waals surface area contributed by atoms with Gasteiger partial charge in [-0.15, -0.1) is 0 Å². The van der Waals surface area contributed by atoms with Crippen LogP contribution in [-0.2, 0) is 19.0 Å². The van der Waals surface area contributed by atoms with Gasteiger partial charge >= 0.3 is 5.97 Å². The first-order valence-electron chi connectivity index (χ1n) is 5.70. The lowest BCUT2D eigenvalue weighted by molar-refractivity contribution is -0.188. The normalized spacial score (nSPS) is 28.5. The molecule has 86 valence electrons. The summed E-state index contributed by atoms with van der Waals surface area (Å²) in [6.45, 7) is 3.57. The van der Waals surface area contributed by atoms with Crippen LogP contribution in [0.2, 0.25) is 0 Å². The highest BCUT2D eigenvalue weighted by molar-refractivity contribution is 5.69. The summed E-state index contributed by atoms with van der Waals surface area (Å²) in [5.41, 5.74) is 0. The van der Waals surface area contributed by atoms with Crippen LogP contribution in [0, 0.1) is 5.92 Å². The molecule has 1 aliphatic heterocycles. The van der Waals surface area contributed by atoms with Crippen molar-refractivity contribution in [3.63, 3.8) is 0 Å². The smallest absolute Gasteiger partial charge is 0.306 e. The lowest BCUT2D eigenvalue weighted by atomic mass is 9.98. The molecule has 0 amide bonds. The first kappa shape index (κ1) is 10.9. The molecule has 1 spiro atoms. The largest absolute Gasteiger partial charge is 0.466 e. The third-order valence-electron chi connectivity index (χ3n) is 3.19. The lowest BCUT2D eigenvalue weighted by Crippen LogP contribution is -2.35. The van der Waals surface area contributed by atoms with E-state index in [1.54, 1.807) is 0 Å². The average molecular weight is 214 g/mol. The number of rotatable bonds is 3. The van der Waals surface area contributed by atoms with E-state index in [1.807, 2.05) is 6.92 Å². The number of esters is 1. The molecule has 2 aliphatic rings. The van der Waals surface area contributed by atoms with E-state index < -0.39 is 5.79 Å². The van der Waals surface area contributed by atoms with Gasteiger partial charge in [-0.1, -0.05) is 0 Å². The van der Waals surface area contributed by atoms with E-state index in [1.165, 1.54) is 0 Å². The molecule has 0 bridgehead atoms. The van der Waals surface area contributed by atoms with E-state index in [9.17, 15) is 4.79 Å². The van der Waals surface area contributed by atoms with Crippen molar-refractivity contribution in [3.05, 3.63) is 0 Å². The van der Waals surface area contributed by atoms with Gasteiger partial charge in [0.2, 0.25) is 0 Å². The van der Waals surface area contributed by atoms with Crippen LogP contribution in [-0.4, -0.2) is 31.6 Å². The molecule has 2 rings (SSSR count). The minimum Gasteiger partial charge on any atom is -0.466 e. The van der Waals surface area contributed by atoms with E-state index in [0.717, 1.165) is 19.3 Å². The lowest BCUT2D eigenvalue weighted by Gasteiger charge is -2.28. The van der Waals surface area contributed by atoms with E-state index >= 15 is 0 Å². The van der Waals surface area contributed by atoms with Crippen molar-refractivity contribution in [2.24, 2.45) is 5.92 Å². The maximum Gasteiger partial charge on any atom is 0.306 e. The topological polar surface area (TPSA) is 44.8 Å². The molecule has 1 aliphatic carbocycles. The van der Waals surface area contributed by atoms with Crippen LogP contribution in [0.1, 0.15) is 32.6 Å². The van der Waals surface area contributed by atoms with Crippen LogP contribution in [0.15, 0.2) is 0 Å². The van der Waals surface area contributed by atoms with Crippen LogP contribution < -0.4 is 0 Å². The monoisotopic (exact) mass is 214 g/mol. The van der Waals surface area contributed by atoms with Crippen LogP contribution >= 0.6 is 0 Å². The molecule has 0 aromatic heterocycles. The highest BCUT2D eigenvalue weighted by atomic mass is 16.7. The standard InChI is InChI=1S/C11H18O4/c1-2-13-10(12)8-9-4-3-5-11(9)14-6-7-15-11/h9H,2-8H2,1H3/t9-/m0/s1. The molecule has 1 heterocycles. The van der Waals surface area contributed by atoms with Crippen molar-refractivity contribution in [2.45, 2.75) is 38.4 Å². The highest BCUT2D eigenvalue weighted by Crippen LogP contribution is 2.43. The third kappa shape index (κ3) is 2.16. The fourth-order valence-corrected chi connectivity index (χ4v) is 2.55. The fourth-order valence-electron chi connectivity index (χ4n) is 2.55. The van der Waals surface area contributed by atoms with Gasteiger partial charge in [0.25, 0.3) is 0 Å². The molecule has 1 saturated heterocycles. The Morgan fingerprint density at radius 1 is 1.47 bits per heavy atom. The summed E-state index contributed by atoms with van der Waals surface area (Å²) in [6.07, 6.45) is 3.41. The first-order valence-corrected chi connectivity index (χ1v) is 5.70. The predicted molar refractivity (Wildman–Crippen MR) is 53.2 cm³/mol. The molecule has 0 radical (unpaired) electrons. The zero-order valence-corrected chi connectivity index (χ0v) is 9.16. The fraction of sp³-hybridized carbons (Fsp3) is 0.909. The molecule has 4 heteroatoms. The average Bonchev–Trinajstić information content (AvgIpc) is 2.80. The van der Waals surface area contributed by atoms with Crippen LogP contribution in [0.25, 0.3) is 0 Å². The zero-order valence-electron chi connectivity index (χ0n) is 9.16. The Morgan fingerprint density at radius 3 is 2.87 bits per heavy atom. The summed E-state index contributed by atoms with van der Waals surface area (Å²) in [5.74, 6) is -0.422. The molecule has 0 aromatic rings. The minimum atomic E-state index is -0.466. The minimum absolute atomic E-state index is 0.136. The molecule has 1 saturated carbocycles. The second-order valence-electron chi connectivity index (χ2n) is 4.11. The maximum atomic E-state index is 11.4. The Morgan fingerprint density at radius 2 is 2.20 bits per heavy atom. The van der Waals surface area contributed by atoms with E-state index in [0.29, 0.717) is 26.2 Å². The number of carbonyl (C=O) groups excluding carboxylic acids is 1. The van der Waals surface area contributed by atoms with Crippen molar-refractivity contribution >= 4 is 5.97 Å². The summed E-state index contributed by atoms with van der Waals surface area (Å²) in [7, 11) is 0. The van der Waals surface area contributed by atoms with Gasteiger partial charge in [-0.25, -0.2) is 0 Å². The molecule has 15 heavy (non-hydrogen) atoms. The molecule has 2 fully saturated rings. The van der Waals surface area contributed by atoms with Crippen LogP contribution in [0.3, 0.4) is 0 Å². The SMILES string of the molecule is CCOC(=O)C[C@@H]1CCCC12OCCO2. The van der Waals surface area contributed by atoms with Gasteiger partial charge in [-0.2, -0.15) is 0 Å². The molecular weight excluding hydrogens is 196 g/mol. The number of hydrogen-bond donors (Lipinski definition) is 0. The van der Waals surface area contributed by atoms with Gasteiger partial charge in [0.15, 0.2) is 5.79 Å². The molecule has 0 unspecified atom stereocenters. The first-order chi connectivity index (χ1) is 7.27. The van der Waals surface area contributed by atoms with Gasteiger partial charge in [-0.3, -0.25) is 4.79 Å². The Hall–Kier alpha value is -0.610. The van der Waals surface area contributed by atoms with E-state index in [-0.39, 0.29) is 11.9 Å². The second kappa shape index (κ2) is 4.49. The summed E-state index contributed by atoms with van der Waals surface area (Å²) in [5, 5.41) is 0. The summed E-state index contributed by atoms with van der Waals surface area (Å²) >= 11 is 0. The Kier molecular flexibility index (Phi) is 3.26. The number of carbonyl (C=O) groups is 1. The third-order valence-corrected chi connectivity index (χ3v) is 3.19. The second-order valence-corrected chi connectivity index (χ2v) is 4.11. The maximum absolute atomic E-state index is 11.4. The molecular formula is C11H18O4. The summed E-state index contributed by atoms with van der Waals surface area (Å²) in [4.78, 5) is 11.4. The summed E-state index contributed by atoms with van der Waals surface area (Å²) in [6, 6.07) is 0. The Balaban J connectivity index is 1.93. The molecule has 4 nitrogen and oxygen atoms in total. The zero-order chi connectivity index (χ0) is 10.7. The van der Waals surface area contributed by atoms with Crippen molar-refractivity contribution < 1.29 is 19.0 Å². The van der Waals surface area contributed by atoms with Gasteiger partial charge < -0.3 is 14.2 Å². The van der Waals surface area contributed by atoms with Gasteiger partial charge in [-0.05, 0) is 19.8 Å². The van der Waals surface area contributed by atoms with Gasteiger partial charge in [0.1, 0.15) is 0 Å². The van der Waals surface area contributed by atoms with Gasteiger partial charge in [0, 0.05) is 12.3 Å². The van der Waals surface area contributed by atoms with Gasteiger partial charge in [0.05, 0.1) is 26.2 Å². The Bertz CT molecular complexity index is 227. The Labute approximate surface area is 89.9 Å². The number of ether oxygens (including phenoxy) is 3. The highest BCUT2D eigenvalue weighted by Gasteiger charge is 2.48. The molecule has 0 aromatic carbocycles. The van der Waals surface area contributed by atoms with Crippen molar-refractivity contribution in [1.82, 2.24) is 0 Å². The quantitative estimate of drug-likeness (QED) is 0.667. The van der Waals surface area contributed by atoms with Crippen LogP contribution in [0.5, 0.6) is 0 Å². The molecule has 1 atom stereocenters. The van der Waals surface area contributed by atoms with E-state index in [2.05, 4.69) is 0 Å². The van der Waals surface area contributed by atoms with Crippen molar-refractivity contribution in [1.29, 1.82) is 0 Å². The predicted octanol–water partition coefficient (Wildman–Crippen LogP) is 1.48. The number of hydrogen-bond acceptors (Lipinski definition) is 4. The molecule has 0 N–H and O–H groups in total. The van der Waals surface area contributed by atoms with Crippen LogP contribution in [0.4, 0.5) is 0 Å². The van der Waals surface area contributed by atoms with Crippen molar-refractivity contribution in [2.75, 3.05) is 19.8 Å². The van der Waals surface area contributed by atoms with E-state index in [4.69, 9.17) is 14.2 Å².